The van der Waals surface area contributed by atoms with Gasteiger partial charge in [0.25, 0.3) is 0 Å². The number of carbonyl (C=O) groups excluding carboxylic acids is 1. The Labute approximate surface area is 112 Å². The molecule has 0 bridgehead atoms. The van der Waals surface area contributed by atoms with Gasteiger partial charge in [0, 0.05) is 12.1 Å². The van der Waals surface area contributed by atoms with Crippen molar-refractivity contribution in [2.45, 2.75) is 20.0 Å². The Morgan fingerprint density at radius 2 is 2.00 bits per heavy atom. The lowest BCUT2D eigenvalue weighted by molar-refractivity contribution is -0.141. The number of fused-ring (bicyclic) bond motifs is 1. The average molecular weight is 291 g/mol. The number of halogens is 4. The van der Waals surface area contributed by atoms with E-state index in [9.17, 15) is 18.0 Å². The molecule has 0 amide bonds. The molecule has 0 aliphatic rings. The van der Waals surface area contributed by atoms with Crippen LogP contribution in [0.1, 0.15) is 30.0 Å². The molecule has 0 aromatic carbocycles. The van der Waals surface area contributed by atoms with E-state index in [1.54, 1.807) is 0 Å². The Morgan fingerprint density at radius 3 is 2.53 bits per heavy atom. The summed E-state index contributed by atoms with van der Waals surface area (Å²) in [6.07, 6.45) is -3.42. The van der Waals surface area contributed by atoms with Gasteiger partial charge in [-0.1, -0.05) is 25.4 Å². The standard InChI is InChI=1S/C12H10ClF3N2O/c1-6(2)10(19)9-11(12(14,15)16)17-8-4-3-7(13)5-18(8)9/h3-6H,1-2H3. The number of rotatable bonds is 2. The minimum Gasteiger partial charge on any atom is -0.295 e. The van der Waals surface area contributed by atoms with Crippen molar-refractivity contribution >= 4 is 23.0 Å². The first-order valence-electron chi connectivity index (χ1n) is 5.51. The predicted octanol–water partition coefficient (Wildman–Crippen LogP) is 3.85. The van der Waals surface area contributed by atoms with Gasteiger partial charge >= 0.3 is 6.18 Å². The third-order valence-corrected chi connectivity index (χ3v) is 2.83. The number of ketones is 1. The lowest BCUT2D eigenvalue weighted by Gasteiger charge is -2.09. The summed E-state index contributed by atoms with van der Waals surface area (Å²) >= 11 is 5.76. The van der Waals surface area contributed by atoms with Crippen molar-refractivity contribution in [2.24, 2.45) is 5.92 Å². The molecule has 0 spiro atoms. The topological polar surface area (TPSA) is 34.4 Å². The number of pyridine rings is 1. The van der Waals surface area contributed by atoms with Crippen LogP contribution in [0.25, 0.3) is 5.65 Å². The molecule has 0 aliphatic carbocycles. The molecule has 0 atom stereocenters. The Kier molecular flexibility index (Phi) is 3.30. The first-order chi connectivity index (χ1) is 8.71. The maximum absolute atomic E-state index is 12.9. The van der Waals surface area contributed by atoms with Gasteiger partial charge in [-0.05, 0) is 12.1 Å². The third kappa shape index (κ3) is 2.45. The Hall–Kier alpha value is -1.56. The Morgan fingerprint density at radius 1 is 1.37 bits per heavy atom. The maximum atomic E-state index is 12.9. The molecule has 3 nitrogen and oxygen atoms in total. The van der Waals surface area contributed by atoms with Gasteiger partial charge in [0.1, 0.15) is 11.3 Å². The van der Waals surface area contributed by atoms with Gasteiger partial charge in [-0.15, -0.1) is 0 Å². The zero-order valence-electron chi connectivity index (χ0n) is 10.1. The van der Waals surface area contributed by atoms with Gasteiger partial charge in [0.15, 0.2) is 11.5 Å². The molecule has 19 heavy (non-hydrogen) atoms. The molecular weight excluding hydrogens is 281 g/mol. The van der Waals surface area contributed by atoms with Crippen molar-refractivity contribution in [3.05, 3.63) is 34.7 Å². The lowest BCUT2D eigenvalue weighted by Crippen LogP contribution is -2.17. The molecule has 0 aliphatic heterocycles. The zero-order valence-corrected chi connectivity index (χ0v) is 10.9. The van der Waals surface area contributed by atoms with Gasteiger partial charge in [-0.2, -0.15) is 13.2 Å². The van der Waals surface area contributed by atoms with E-state index >= 15 is 0 Å². The quantitative estimate of drug-likeness (QED) is 0.788. The summed E-state index contributed by atoms with van der Waals surface area (Å²) in [6, 6.07) is 2.77. The van der Waals surface area contributed by atoms with Crippen molar-refractivity contribution in [1.82, 2.24) is 9.38 Å². The van der Waals surface area contributed by atoms with Crippen LogP contribution in [0.2, 0.25) is 5.02 Å². The summed E-state index contributed by atoms with van der Waals surface area (Å²) in [5.74, 6) is -1.19. The monoisotopic (exact) mass is 290 g/mol. The summed E-state index contributed by atoms with van der Waals surface area (Å²) in [5, 5.41) is 0.233. The molecule has 0 fully saturated rings. The highest BCUT2D eigenvalue weighted by Gasteiger charge is 2.40. The molecular formula is C12H10ClF3N2O. The van der Waals surface area contributed by atoms with Crippen molar-refractivity contribution < 1.29 is 18.0 Å². The third-order valence-electron chi connectivity index (χ3n) is 2.61. The van der Waals surface area contributed by atoms with Crippen LogP contribution in [0, 0.1) is 5.92 Å². The largest absolute Gasteiger partial charge is 0.435 e. The normalized spacial score (nSPS) is 12.4. The highest BCUT2D eigenvalue weighted by Crippen LogP contribution is 2.33. The fourth-order valence-corrected chi connectivity index (χ4v) is 1.89. The number of Topliss-reactive ketones (excluding diaryl/α,β-unsaturated/α-hetero) is 1. The molecule has 2 rings (SSSR count). The summed E-state index contributed by atoms with van der Waals surface area (Å²) in [5.41, 5.74) is -1.60. The molecule has 0 unspecified atom stereocenters. The first kappa shape index (κ1) is 13.9. The fraction of sp³-hybridized carbons (Fsp3) is 0.333. The van der Waals surface area contributed by atoms with Crippen molar-refractivity contribution in [3.8, 4) is 0 Å². The first-order valence-corrected chi connectivity index (χ1v) is 5.88. The number of hydrogen-bond acceptors (Lipinski definition) is 2. The second kappa shape index (κ2) is 4.52. The number of alkyl halides is 3. The summed E-state index contributed by atoms with van der Waals surface area (Å²) in [7, 11) is 0. The predicted molar refractivity (Wildman–Crippen MR) is 64.4 cm³/mol. The van der Waals surface area contributed by atoms with Gasteiger partial charge < -0.3 is 0 Å². The van der Waals surface area contributed by atoms with Crippen LogP contribution in [-0.2, 0) is 6.18 Å². The van der Waals surface area contributed by atoms with Crippen molar-refractivity contribution in [3.63, 3.8) is 0 Å². The van der Waals surface area contributed by atoms with Crippen LogP contribution in [-0.4, -0.2) is 15.2 Å². The van der Waals surface area contributed by atoms with E-state index in [0.717, 1.165) is 4.40 Å². The molecule has 2 aromatic rings. The van der Waals surface area contributed by atoms with Crippen LogP contribution < -0.4 is 0 Å². The van der Waals surface area contributed by atoms with Crippen LogP contribution in [0.15, 0.2) is 18.3 Å². The van der Waals surface area contributed by atoms with Gasteiger partial charge in [0.05, 0.1) is 5.02 Å². The zero-order chi connectivity index (χ0) is 14.4. The van der Waals surface area contributed by atoms with Gasteiger partial charge in [-0.25, -0.2) is 4.98 Å². The molecule has 7 heteroatoms. The van der Waals surface area contributed by atoms with E-state index < -0.39 is 29.3 Å². The SMILES string of the molecule is CC(C)C(=O)c1c(C(F)(F)F)nc2ccc(Cl)cn12. The lowest BCUT2D eigenvalue weighted by atomic mass is 10.0. The molecule has 2 aromatic heterocycles. The smallest absolute Gasteiger partial charge is 0.295 e. The number of hydrogen-bond donors (Lipinski definition) is 0. The fourth-order valence-electron chi connectivity index (χ4n) is 1.73. The van der Waals surface area contributed by atoms with E-state index in [0.29, 0.717) is 0 Å². The number of imidazole rings is 1. The minimum absolute atomic E-state index is 0.0423. The number of aromatic nitrogens is 2. The highest BCUT2D eigenvalue weighted by molar-refractivity contribution is 6.30. The summed E-state index contributed by atoms with van der Waals surface area (Å²) < 4.78 is 39.9. The van der Waals surface area contributed by atoms with Crippen LogP contribution in [0.3, 0.4) is 0 Å². The molecule has 102 valence electrons. The van der Waals surface area contributed by atoms with Crippen LogP contribution >= 0.6 is 11.6 Å². The molecule has 0 N–H and O–H groups in total. The van der Waals surface area contributed by atoms with Crippen LogP contribution in [0.4, 0.5) is 13.2 Å². The number of nitrogens with zero attached hydrogens (tertiary/aromatic N) is 2. The Balaban J connectivity index is 2.81. The summed E-state index contributed by atoms with van der Waals surface area (Å²) in [6.45, 7) is 3.07. The van der Waals surface area contributed by atoms with E-state index in [-0.39, 0.29) is 10.7 Å². The van der Waals surface area contributed by atoms with Gasteiger partial charge in [0.2, 0.25) is 0 Å². The second-order valence-corrected chi connectivity index (χ2v) is 4.84. The molecule has 0 radical (unpaired) electrons. The van der Waals surface area contributed by atoms with Crippen LogP contribution in [0.5, 0.6) is 0 Å². The van der Waals surface area contributed by atoms with E-state index in [2.05, 4.69) is 4.98 Å². The highest BCUT2D eigenvalue weighted by atomic mass is 35.5. The number of carbonyl (C=O) groups is 1. The molecule has 0 saturated carbocycles. The van der Waals surface area contributed by atoms with E-state index in [1.807, 2.05) is 0 Å². The maximum Gasteiger partial charge on any atom is 0.435 e. The van der Waals surface area contributed by atoms with Gasteiger partial charge in [-0.3, -0.25) is 9.20 Å². The summed E-state index contributed by atoms with van der Waals surface area (Å²) in [4.78, 5) is 15.5. The van der Waals surface area contributed by atoms with Crippen molar-refractivity contribution in [2.75, 3.05) is 0 Å². The van der Waals surface area contributed by atoms with Crippen molar-refractivity contribution in [1.29, 1.82) is 0 Å². The molecule has 2 heterocycles. The van der Waals surface area contributed by atoms with E-state index in [4.69, 9.17) is 11.6 Å². The van der Waals surface area contributed by atoms with E-state index in [1.165, 1.54) is 32.2 Å². The minimum atomic E-state index is -4.68. The Bertz CT molecular complexity index is 646. The average Bonchev–Trinajstić information content (AvgIpc) is 2.65. The second-order valence-electron chi connectivity index (χ2n) is 4.40. The molecule has 0 saturated heterocycles.